The number of fused-ring (bicyclic) bond motifs is 2. The van der Waals surface area contributed by atoms with Crippen molar-refractivity contribution >= 4 is 33.9 Å². The number of hydrogen-bond acceptors (Lipinski definition) is 1. The van der Waals surface area contributed by atoms with Crippen LogP contribution in [0.1, 0.15) is 28.2 Å². The van der Waals surface area contributed by atoms with Gasteiger partial charge in [0.2, 0.25) is 0 Å². The van der Waals surface area contributed by atoms with Crippen LogP contribution in [0.2, 0.25) is 0 Å². The van der Waals surface area contributed by atoms with Gasteiger partial charge in [0.05, 0.1) is 0 Å². The number of rotatable bonds is 5. The van der Waals surface area contributed by atoms with E-state index in [-0.39, 0.29) is 5.92 Å². The molecule has 0 aliphatic heterocycles. The Kier molecular flexibility index (Phi) is 4.45. The molecule has 0 fully saturated rings. The second-order valence-corrected chi connectivity index (χ2v) is 7.35. The van der Waals surface area contributed by atoms with Crippen molar-refractivity contribution in [1.82, 2.24) is 9.97 Å². The molecule has 0 radical (unpaired) electrons. The summed E-state index contributed by atoms with van der Waals surface area (Å²) in [7, 11) is 0. The number of carboxylic acids is 1. The SMILES string of the molecule is O=C(O)C=Cc1ccc(C(c2c[nH]c3ccccc23)c2c[nH]c3ccccc23)cc1. The van der Waals surface area contributed by atoms with Gasteiger partial charge in [-0.3, -0.25) is 0 Å². The molecule has 4 heteroatoms. The summed E-state index contributed by atoms with van der Waals surface area (Å²) in [6.45, 7) is 0. The van der Waals surface area contributed by atoms with Crippen molar-refractivity contribution in [3.63, 3.8) is 0 Å². The maximum absolute atomic E-state index is 10.8. The molecule has 0 aliphatic carbocycles. The van der Waals surface area contributed by atoms with Gasteiger partial charge in [0.1, 0.15) is 0 Å². The highest BCUT2D eigenvalue weighted by atomic mass is 16.4. The lowest BCUT2D eigenvalue weighted by atomic mass is 9.84. The molecular weight excluding hydrogens is 372 g/mol. The Morgan fingerprint density at radius 1 is 0.767 bits per heavy atom. The van der Waals surface area contributed by atoms with Gasteiger partial charge in [-0.2, -0.15) is 0 Å². The number of aliphatic carboxylic acids is 1. The van der Waals surface area contributed by atoms with Crippen molar-refractivity contribution in [2.75, 3.05) is 0 Å². The van der Waals surface area contributed by atoms with Gasteiger partial charge < -0.3 is 15.1 Å². The minimum Gasteiger partial charge on any atom is -0.478 e. The molecule has 2 heterocycles. The lowest BCUT2D eigenvalue weighted by Crippen LogP contribution is -2.02. The maximum Gasteiger partial charge on any atom is 0.328 e. The monoisotopic (exact) mass is 392 g/mol. The van der Waals surface area contributed by atoms with Gasteiger partial charge in [0.25, 0.3) is 0 Å². The van der Waals surface area contributed by atoms with Crippen molar-refractivity contribution in [3.8, 4) is 0 Å². The molecule has 0 bridgehead atoms. The zero-order valence-electron chi connectivity index (χ0n) is 16.2. The molecule has 3 N–H and O–H groups in total. The van der Waals surface area contributed by atoms with Crippen LogP contribution in [0.15, 0.2) is 91.3 Å². The molecule has 0 aliphatic rings. The quantitative estimate of drug-likeness (QED) is 0.325. The number of aromatic nitrogens is 2. The molecular formula is C26H20N2O2. The van der Waals surface area contributed by atoms with Crippen LogP contribution in [0.3, 0.4) is 0 Å². The Morgan fingerprint density at radius 3 is 1.83 bits per heavy atom. The van der Waals surface area contributed by atoms with Crippen molar-refractivity contribution in [1.29, 1.82) is 0 Å². The largest absolute Gasteiger partial charge is 0.478 e. The number of carboxylic acid groups (broad SMARTS) is 1. The minimum atomic E-state index is -0.950. The fraction of sp³-hybridized carbons (Fsp3) is 0.0385. The number of nitrogens with one attached hydrogen (secondary N) is 2. The maximum atomic E-state index is 10.8. The van der Waals surface area contributed by atoms with Crippen molar-refractivity contribution in [2.45, 2.75) is 5.92 Å². The lowest BCUT2D eigenvalue weighted by molar-refractivity contribution is -0.131. The molecule has 0 atom stereocenters. The van der Waals surface area contributed by atoms with E-state index in [1.165, 1.54) is 21.9 Å². The first kappa shape index (κ1) is 18.0. The van der Waals surface area contributed by atoms with Crippen LogP contribution in [0, 0.1) is 0 Å². The van der Waals surface area contributed by atoms with Crippen LogP contribution in [-0.4, -0.2) is 21.0 Å². The van der Waals surface area contributed by atoms with Gasteiger partial charge in [-0.1, -0.05) is 60.7 Å². The summed E-state index contributed by atoms with van der Waals surface area (Å²) in [6, 6.07) is 24.7. The average molecular weight is 392 g/mol. The summed E-state index contributed by atoms with van der Waals surface area (Å²) in [4.78, 5) is 17.6. The van der Waals surface area contributed by atoms with E-state index in [4.69, 9.17) is 5.11 Å². The standard InChI is InChI=1S/C26H20N2O2/c29-25(30)14-11-17-9-12-18(13-10-17)26(21-15-27-23-7-3-1-5-19(21)23)22-16-28-24-8-4-2-6-20(22)24/h1-16,26-28H,(H,29,30). The Morgan fingerprint density at radius 2 is 1.30 bits per heavy atom. The Labute approximate surface area is 173 Å². The molecule has 0 amide bonds. The van der Waals surface area contributed by atoms with E-state index in [0.29, 0.717) is 0 Å². The smallest absolute Gasteiger partial charge is 0.328 e. The molecule has 146 valence electrons. The summed E-state index contributed by atoms with van der Waals surface area (Å²) in [5.74, 6) is -0.913. The summed E-state index contributed by atoms with van der Waals surface area (Å²) in [5, 5.41) is 11.3. The third-order valence-corrected chi connectivity index (χ3v) is 5.55. The third kappa shape index (κ3) is 3.18. The second-order valence-electron chi connectivity index (χ2n) is 7.35. The molecule has 0 saturated heterocycles. The Balaban J connectivity index is 1.68. The van der Waals surface area contributed by atoms with Gasteiger partial charge >= 0.3 is 5.97 Å². The van der Waals surface area contributed by atoms with E-state index in [2.05, 4.69) is 70.9 Å². The van der Waals surface area contributed by atoms with Crippen LogP contribution < -0.4 is 0 Å². The molecule has 0 spiro atoms. The fourth-order valence-electron chi connectivity index (χ4n) is 4.16. The zero-order valence-corrected chi connectivity index (χ0v) is 16.2. The van der Waals surface area contributed by atoms with Gasteiger partial charge in [0, 0.05) is 46.2 Å². The predicted octanol–water partition coefficient (Wildman–Crippen LogP) is 5.93. The minimum absolute atomic E-state index is 0.0369. The highest BCUT2D eigenvalue weighted by Gasteiger charge is 2.23. The lowest BCUT2D eigenvalue weighted by Gasteiger charge is -2.18. The summed E-state index contributed by atoms with van der Waals surface area (Å²) in [5.41, 5.74) is 6.65. The Bertz CT molecular complexity index is 1300. The van der Waals surface area contributed by atoms with E-state index < -0.39 is 5.97 Å². The topological polar surface area (TPSA) is 68.9 Å². The number of benzene rings is 3. The van der Waals surface area contributed by atoms with Crippen molar-refractivity contribution in [2.24, 2.45) is 0 Å². The van der Waals surface area contributed by atoms with Gasteiger partial charge in [-0.05, 0) is 40.5 Å². The van der Waals surface area contributed by atoms with Crippen LogP contribution in [0.25, 0.3) is 27.9 Å². The van der Waals surface area contributed by atoms with Crippen LogP contribution in [0.4, 0.5) is 0 Å². The second kappa shape index (κ2) is 7.41. The predicted molar refractivity (Wildman–Crippen MR) is 121 cm³/mol. The number of hydrogen-bond donors (Lipinski definition) is 3. The van der Waals surface area contributed by atoms with Crippen molar-refractivity contribution in [3.05, 3.63) is 114 Å². The first-order chi connectivity index (χ1) is 14.7. The Hall–Kier alpha value is -4.05. The van der Waals surface area contributed by atoms with Gasteiger partial charge in [-0.15, -0.1) is 0 Å². The average Bonchev–Trinajstić information content (AvgIpc) is 3.39. The number of para-hydroxylation sites is 2. The van der Waals surface area contributed by atoms with Crippen molar-refractivity contribution < 1.29 is 9.90 Å². The number of carbonyl (C=O) groups is 1. The molecule has 2 aromatic heterocycles. The zero-order chi connectivity index (χ0) is 20.5. The number of H-pyrrole nitrogens is 2. The van der Waals surface area contributed by atoms with E-state index in [0.717, 1.165) is 28.2 Å². The van der Waals surface area contributed by atoms with Gasteiger partial charge in [0.15, 0.2) is 0 Å². The molecule has 0 saturated carbocycles. The van der Waals surface area contributed by atoms with Crippen LogP contribution in [-0.2, 0) is 4.79 Å². The van der Waals surface area contributed by atoms with Crippen LogP contribution in [0.5, 0.6) is 0 Å². The fourth-order valence-corrected chi connectivity index (χ4v) is 4.16. The highest BCUT2D eigenvalue weighted by molar-refractivity contribution is 5.89. The molecule has 0 unspecified atom stereocenters. The van der Waals surface area contributed by atoms with Crippen LogP contribution >= 0.6 is 0 Å². The molecule has 5 aromatic rings. The highest BCUT2D eigenvalue weighted by Crippen LogP contribution is 2.39. The van der Waals surface area contributed by atoms with E-state index in [9.17, 15) is 4.79 Å². The summed E-state index contributed by atoms with van der Waals surface area (Å²) >= 11 is 0. The first-order valence-corrected chi connectivity index (χ1v) is 9.84. The summed E-state index contributed by atoms with van der Waals surface area (Å²) < 4.78 is 0. The van der Waals surface area contributed by atoms with E-state index in [1.54, 1.807) is 6.08 Å². The number of aromatic amines is 2. The molecule has 4 nitrogen and oxygen atoms in total. The van der Waals surface area contributed by atoms with Gasteiger partial charge in [-0.25, -0.2) is 4.79 Å². The van der Waals surface area contributed by atoms with E-state index in [1.807, 2.05) is 24.3 Å². The van der Waals surface area contributed by atoms with E-state index >= 15 is 0 Å². The summed E-state index contributed by atoms with van der Waals surface area (Å²) in [6.07, 6.45) is 6.95. The molecule has 3 aromatic carbocycles. The first-order valence-electron chi connectivity index (χ1n) is 9.84. The normalized spacial score (nSPS) is 11.8. The third-order valence-electron chi connectivity index (χ3n) is 5.55. The molecule has 30 heavy (non-hydrogen) atoms. The molecule has 5 rings (SSSR count).